The Bertz CT molecular complexity index is 1160. The van der Waals surface area contributed by atoms with Gasteiger partial charge in [-0.2, -0.15) is 13.2 Å². The van der Waals surface area contributed by atoms with Crippen LogP contribution in [0.15, 0.2) is 46.2 Å². The third-order valence-electron chi connectivity index (χ3n) is 4.32. The van der Waals surface area contributed by atoms with E-state index in [9.17, 15) is 30.0 Å². The number of hydrogen-bond donors (Lipinski definition) is 1. The second kappa shape index (κ2) is 6.61. The van der Waals surface area contributed by atoms with Crippen LogP contribution in [0.3, 0.4) is 0 Å². The molecule has 0 aromatic heterocycles. The second-order valence-electron chi connectivity index (χ2n) is 6.33. The summed E-state index contributed by atoms with van der Waals surface area (Å²) in [6.07, 6.45) is -4.82. The number of rotatable bonds is 3. The number of nitrogens with zero attached hydrogens (tertiary/aromatic N) is 1. The molecule has 0 bridgehead atoms. The Hall–Kier alpha value is -1.82. The van der Waals surface area contributed by atoms with Crippen molar-refractivity contribution in [2.24, 2.45) is 5.14 Å². The van der Waals surface area contributed by atoms with Gasteiger partial charge in [-0.15, -0.1) is 0 Å². The van der Waals surface area contributed by atoms with Crippen molar-refractivity contribution in [1.29, 1.82) is 0 Å². The van der Waals surface area contributed by atoms with Crippen molar-refractivity contribution < 1.29 is 30.0 Å². The molecule has 0 saturated carbocycles. The molecule has 6 nitrogen and oxygen atoms in total. The molecule has 0 amide bonds. The first-order valence-corrected chi connectivity index (χ1v) is 11.2. The number of halogens is 4. The standard InChI is InChI=1S/C16H14ClF3N2O4S2/c1-9-6-10-7-12(27(21,23)24)3-4-14(10)22(9)28(25,26)15-5-2-11(17)8-13(15)16(18,19)20/h2-5,7-9H,6H2,1H3,(H2,21,23,24)/t9-/m0/s1. The lowest BCUT2D eigenvalue weighted by Crippen LogP contribution is -2.36. The first-order chi connectivity index (χ1) is 12.7. The van der Waals surface area contributed by atoms with Crippen molar-refractivity contribution >= 4 is 37.3 Å². The number of anilines is 1. The van der Waals surface area contributed by atoms with Crippen LogP contribution < -0.4 is 9.44 Å². The maximum absolute atomic E-state index is 13.4. The SMILES string of the molecule is C[C@H]1Cc2cc(S(N)(=O)=O)ccc2N1S(=O)(=O)c1ccc(Cl)cc1C(F)(F)F. The van der Waals surface area contributed by atoms with E-state index in [0.29, 0.717) is 11.6 Å². The van der Waals surface area contributed by atoms with E-state index in [2.05, 4.69) is 0 Å². The lowest BCUT2D eigenvalue weighted by molar-refractivity contribution is -0.139. The third kappa shape index (κ3) is 3.59. The van der Waals surface area contributed by atoms with Gasteiger partial charge in [0.05, 0.1) is 21.0 Å². The predicted octanol–water partition coefficient (Wildman–Crippen LogP) is 3.15. The summed E-state index contributed by atoms with van der Waals surface area (Å²) in [6.45, 7) is 1.51. The molecule has 0 fully saturated rings. The Morgan fingerprint density at radius 3 is 2.32 bits per heavy atom. The summed E-state index contributed by atoms with van der Waals surface area (Å²) in [5.74, 6) is 0. The minimum absolute atomic E-state index is 0.1000. The van der Waals surface area contributed by atoms with Crippen molar-refractivity contribution in [2.75, 3.05) is 4.31 Å². The van der Waals surface area contributed by atoms with Crippen molar-refractivity contribution in [3.63, 3.8) is 0 Å². The molecular formula is C16H14ClF3N2O4S2. The maximum atomic E-state index is 13.4. The van der Waals surface area contributed by atoms with E-state index in [1.807, 2.05) is 0 Å². The van der Waals surface area contributed by atoms with E-state index >= 15 is 0 Å². The summed E-state index contributed by atoms with van der Waals surface area (Å²) in [4.78, 5) is -1.14. The normalized spacial score (nSPS) is 17.6. The highest BCUT2D eigenvalue weighted by molar-refractivity contribution is 7.93. The fraction of sp³-hybridized carbons (Fsp3) is 0.250. The van der Waals surface area contributed by atoms with Crippen LogP contribution in [-0.2, 0) is 32.6 Å². The fourth-order valence-electron chi connectivity index (χ4n) is 3.18. The first kappa shape index (κ1) is 20.9. The van der Waals surface area contributed by atoms with Crippen LogP contribution in [0, 0.1) is 0 Å². The van der Waals surface area contributed by atoms with Crippen LogP contribution in [-0.4, -0.2) is 22.9 Å². The van der Waals surface area contributed by atoms with Gasteiger partial charge in [0.2, 0.25) is 10.0 Å². The van der Waals surface area contributed by atoms with Crippen LogP contribution in [0.2, 0.25) is 5.02 Å². The molecule has 1 atom stereocenters. The molecule has 12 heteroatoms. The van der Waals surface area contributed by atoms with Gasteiger partial charge in [0.15, 0.2) is 0 Å². The molecule has 152 valence electrons. The zero-order valence-corrected chi connectivity index (χ0v) is 16.6. The van der Waals surface area contributed by atoms with Crippen molar-refractivity contribution in [3.05, 3.63) is 52.5 Å². The summed E-state index contributed by atoms with van der Waals surface area (Å²) < 4.78 is 90.3. The van der Waals surface area contributed by atoms with Gasteiger partial charge in [0, 0.05) is 11.1 Å². The molecule has 1 aliphatic heterocycles. The van der Waals surface area contributed by atoms with Crippen LogP contribution in [0.25, 0.3) is 0 Å². The molecule has 2 aromatic rings. The molecule has 1 heterocycles. The van der Waals surface area contributed by atoms with Gasteiger partial charge in [-0.25, -0.2) is 22.0 Å². The topological polar surface area (TPSA) is 97.5 Å². The maximum Gasteiger partial charge on any atom is 0.417 e. The van der Waals surface area contributed by atoms with E-state index in [1.54, 1.807) is 0 Å². The molecule has 0 spiro atoms. The van der Waals surface area contributed by atoms with Crippen LogP contribution in [0.4, 0.5) is 18.9 Å². The summed E-state index contributed by atoms with van der Waals surface area (Å²) in [7, 11) is -8.62. The first-order valence-electron chi connectivity index (χ1n) is 7.80. The van der Waals surface area contributed by atoms with Gasteiger partial charge < -0.3 is 0 Å². The third-order valence-corrected chi connectivity index (χ3v) is 7.45. The van der Waals surface area contributed by atoms with Gasteiger partial charge in [-0.1, -0.05) is 11.6 Å². The number of sulfonamides is 2. The number of primary sulfonamides is 1. The quantitative estimate of drug-likeness (QED) is 0.770. The molecule has 2 N–H and O–H groups in total. The zero-order chi connectivity index (χ0) is 21.1. The molecular weight excluding hydrogens is 441 g/mol. The highest BCUT2D eigenvalue weighted by Gasteiger charge is 2.43. The molecule has 0 radical (unpaired) electrons. The van der Waals surface area contributed by atoms with Crippen molar-refractivity contribution in [3.8, 4) is 0 Å². The Morgan fingerprint density at radius 1 is 1.11 bits per heavy atom. The van der Waals surface area contributed by atoms with Gasteiger partial charge in [-0.3, -0.25) is 4.31 Å². The second-order valence-corrected chi connectivity index (χ2v) is 10.1. The van der Waals surface area contributed by atoms with Crippen LogP contribution >= 0.6 is 11.6 Å². The largest absolute Gasteiger partial charge is 0.417 e. The molecule has 0 unspecified atom stereocenters. The highest BCUT2D eigenvalue weighted by atomic mass is 35.5. The number of nitrogens with two attached hydrogens (primary N) is 1. The number of fused-ring (bicyclic) bond motifs is 1. The van der Waals surface area contributed by atoms with Gasteiger partial charge >= 0.3 is 6.18 Å². The zero-order valence-electron chi connectivity index (χ0n) is 14.2. The van der Waals surface area contributed by atoms with Gasteiger partial charge in [0.1, 0.15) is 0 Å². The highest BCUT2D eigenvalue weighted by Crippen LogP contribution is 2.42. The molecule has 0 aliphatic carbocycles. The Labute approximate surface area is 164 Å². The minimum atomic E-state index is -4.93. The lowest BCUT2D eigenvalue weighted by atomic mass is 10.1. The van der Waals surface area contributed by atoms with Crippen molar-refractivity contribution in [2.45, 2.75) is 35.4 Å². The Morgan fingerprint density at radius 2 is 1.75 bits per heavy atom. The summed E-state index contributed by atoms with van der Waals surface area (Å²) >= 11 is 5.63. The number of hydrogen-bond acceptors (Lipinski definition) is 4. The summed E-state index contributed by atoms with van der Waals surface area (Å²) in [5, 5.41) is 4.83. The smallest absolute Gasteiger partial charge is 0.263 e. The minimum Gasteiger partial charge on any atom is -0.263 e. The van der Waals surface area contributed by atoms with Gasteiger partial charge in [0.25, 0.3) is 10.0 Å². The Kier molecular flexibility index (Phi) is 4.94. The van der Waals surface area contributed by atoms with E-state index in [1.165, 1.54) is 19.1 Å². The van der Waals surface area contributed by atoms with E-state index in [0.717, 1.165) is 22.5 Å². The lowest BCUT2D eigenvalue weighted by Gasteiger charge is -2.26. The monoisotopic (exact) mass is 454 g/mol. The average molecular weight is 455 g/mol. The molecule has 3 rings (SSSR count). The molecule has 0 saturated heterocycles. The van der Waals surface area contributed by atoms with E-state index in [-0.39, 0.29) is 22.0 Å². The predicted molar refractivity (Wildman–Crippen MR) is 97.1 cm³/mol. The Balaban J connectivity index is 2.18. The summed E-state index contributed by atoms with van der Waals surface area (Å²) in [6, 6.07) is 5.26. The van der Waals surface area contributed by atoms with Crippen LogP contribution in [0.5, 0.6) is 0 Å². The van der Waals surface area contributed by atoms with E-state index < -0.39 is 42.7 Å². The molecule has 2 aromatic carbocycles. The fourth-order valence-corrected chi connectivity index (χ4v) is 5.80. The molecule has 28 heavy (non-hydrogen) atoms. The number of alkyl halides is 3. The van der Waals surface area contributed by atoms with Crippen LogP contribution in [0.1, 0.15) is 18.1 Å². The number of benzene rings is 2. The van der Waals surface area contributed by atoms with Crippen molar-refractivity contribution in [1.82, 2.24) is 0 Å². The molecule has 1 aliphatic rings. The average Bonchev–Trinajstić information content (AvgIpc) is 2.88. The summed E-state index contributed by atoms with van der Waals surface area (Å²) in [5.41, 5.74) is -0.921. The van der Waals surface area contributed by atoms with Gasteiger partial charge in [-0.05, 0) is 55.3 Å². The van der Waals surface area contributed by atoms with E-state index in [4.69, 9.17) is 16.7 Å².